The van der Waals surface area contributed by atoms with Crippen LogP contribution in [0.15, 0.2) is 51.7 Å². The Morgan fingerprint density at radius 2 is 1.74 bits per heavy atom. The van der Waals surface area contributed by atoms with Crippen LogP contribution in [0, 0.1) is 0 Å². The van der Waals surface area contributed by atoms with Crippen LogP contribution in [-0.4, -0.2) is 44.2 Å². The van der Waals surface area contributed by atoms with Gasteiger partial charge in [-0.1, -0.05) is 12.1 Å². The zero-order valence-electron chi connectivity index (χ0n) is 17.8. The fraction of sp³-hybridized carbons (Fsp3) is 0.333. The Bertz CT molecular complexity index is 1160. The second-order valence-corrected chi connectivity index (χ2v) is 7.45. The number of para-hydroxylation sites is 1. The number of amides is 1. The molecule has 1 aliphatic heterocycles. The molecule has 1 saturated heterocycles. The predicted octanol–water partition coefficient (Wildman–Crippen LogP) is 3.87. The molecule has 1 atom stereocenters. The second kappa shape index (κ2) is 8.71. The van der Waals surface area contributed by atoms with Crippen molar-refractivity contribution in [3.05, 3.63) is 52.7 Å². The lowest BCUT2D eigenvalue weighted by molar-refractivity contribution is -0.136. The average molecular weight is 423 g/mol. The van der Waals surface area contributed by atoms with E-state index >= 15 is 0 Å². The van der Waals surface area contributed by atoms with Gasteiger partial charge in [-0.3, -0.25) is 9.59 Å². The Balaban J connectivity index is 1.82. The minimum Gasteiger partial charge on any atom is -0.493 e. The standard InChI is InChI=1S/C24H25NO6/c1-15(24(27)25-12-6-7-13-25)30-23-21(26)17-8-4-5-9-18(17)31-22(23)16-10-11-19(28-2)20(14-16)29-3/h4-5,8-11,14-15H,6-7,12-13H2,1-3H3. The van der Waals surface area contributed by atoms with Crippen LogP contribution in [0.3, 0.4) is 0 Å². The molecule has 3 aromatic rings. The van der Waals surface area contributed by atoms with Crippen molar-refractivity contribution in [2.45, 2.75) is 25.9 Å². The normalized spacial score (nSPS) is 14.5. The number of fused-ring (bicyclic) bond motifs is 1. The molecule has 31 heavy (non-hydrogen) atoms. The molecule has 162 valence electrons. The quantitative estimate of drug-likeness (QED) is 0.599. The summed E-state index contributed by atoms with van der Waals surface area (Å²) in [7, 11) is 3.08. The molecule has 7 heteroatoms. The van der Waals surface area contributed by atoms with Gasteiger partial charge in [0, 0.05) is 18.7 Å². The zero-order chi connectivity index (χ0) is 22.0. The Morgan fingerprint density at radius 1 is 1.03 bits per heavy atom. The Labute approximate surface area is 180 Å². The van der Waals surface area contributed by atoms with Crippen molar-refractivity contribution in [3.8, 4) is 28.6 Å². The van der Waals surface area contributed by atoms with Crippen molar-refractivity contribution in [2.24, 2.45) is 0 Å². The Hall–Kier alpha value is -3.48. The molecule has 0 saturated carbocycles. The monoisotopic (exact) mass is 423 g/mol. The number of rotatable bonds is 6. The van der Waals surface area contributed by atoms with Gasteiger partial charge in [0.15, 0.2) is 23.4 Å². The summed E-state index contributed by atoms with van der Waals surface area (Å²) < 4.78 is 22.8. The second-order valence-electron chi connectivity index (χ2n) is 7.45. The predicted molar refractivity (Wildman–Crippen MR) is 117 cm³/mol. The number of hydrogen-bond acceptors (Lipinski definition) is 6. The Morgan fingerprint density at radius 3 is 2.45 bits per heavy atom. The zero-order valence-corrected chi connectivity index (χ0v) is 17.8. The maximum absolute atomic E-state index is 13.3. The summed E-state index contributed by atoms with van der Waals surface area (Å²) in [4.78, 5) is 27.9. The lowest BCUT2D eigenvalue weighted by atomic mass is 10.1. The molecule has 4 rings (SSSR count). The number of methoxy groups -OCH3 is 2. The molecule has 1 unspecified atom stereocenters. The molecular weight excluding hydrogens is 398 g/mol. The van der Waals surface area contributed by atoms with Gasteiger partial charge in [-0.05, 0) is 50.1 Å². The largest absolute Gasteiger partial charge is 0.493 e. The van der Waals surface area contributed by atoms with Gasteiger partial charge in [-0.25, -0.2) is 0 Å². The fourth-order valence-corrected chi connectivity index (χ4v) is 3.82. The van der Waals surface area contributed by atoms with Crippen molar-refractivity contribution in [3.63, 3.8) is 0 Å². The number of hydrogen-bond donors (Lipinski definition) is 0. The van der Waals surface area contributed by atoms with Crippen molar-refractivity contribution >= 4 is 16.9 Å². The molecule has 0 bridgehead atoms. The van der Waals surface area contributed by atoms with E-state index in [-0.39, 0.29) is 22.8 Å². The highest BCUT2D eigenvalue weighted by atomic mass is 16.5. The highest BCUT2D eigenvalue weighted by Crippen LogP contribution is 2.37. The molecule has 1 fully saturated rings. The van der Waals surface area contributed by atoms with Gasteiger partial charge in [-0.2, -0.15) is 0 Å². The smallest absolute Gasteiger partial charge is 0.263 e. The van der Waals surface area contributed by atoms with Gasteiger partial charge >= 0.3 is 0 Å². The van der Waals surface area contributed by atoms with Crippen molar-refractivity contribution in [2.75, 3.05) is 27.3 Å². The summed E-state index contributed by atoms with van der Waals surface area (Å²) in [6.45, 7) is 3.08. The van der Waals surface area contributed by atoms with Crippen LogP contribution in [0.2, 0.25) is 0 Å². The van der Waals surface area contributed by atoms with Crippen LogP contribution in [0.5, 0.6) is 17.2 Å². The van der Waals surface area contributed by atoms with E-state index in [0.717, 1.165) is 12.8 Å². The lowest BCUT2D eigenvalue weighted by Gasteiger charge is -2.22. The topological polar surface area (TPSA) is 78.2 Å². The van der Waals surface area contributed by atoms with Gasteiger partial charge in [0.1, 0.15) is 5.58 Å². The first-order valence-electron chi connectivity index (χ1n) is 10.3. The number of carbonyl (C=O) groups excluding carboxylic acids is 1. The van der Waals surface area contributed by atoms with Crippen LogP contribution < -0.4 is 19.6 Å². The third kappa shape index (κ3) is 3.95. The van der Waals surface area contributed by atoms with Gasteiger partial charge in [-0.15, -0.1) is 0 Å². The van der Waals surface area contributed by atoms with E-state index in [0.29, 0.717) is 41.1 Å². The summed E-state index contributed by atoms with van der Waals surface area (Å²) in [5, 5.41) is 0.391. The average Bonchev–Trinajstić information content (AvgIpc) is 3.34. The van der Waals surface area contributed by atoms with E-state index < -0.39 is 6.10 Å². The summed E-state index contributed by atoms with van der Waals surface area (Å²) in [5.74, 6) is 1.15. The third-order valence-electron chi connectivity index (χ3n) is 5.46. The summed E-state index contributed by atoms with van der Waals surface area (Å²) in [6.07, 6.45) is 1.14. The van der Waals surface area contributed by atoms with E-state index in [9.17, 15) is 9.59 Å². The van der Waals surface area contributed by atoms with Gasteiger partial charge in [0.05, 0.1) is 19.6 Å². The van der Waals surface area contributed by atoms with Crippen LogP contribution >= 0.6 is 0 Å². The van der Waals surface area contributed by atoms with Crippen molar-refractivity contribution < 1.29 is 23.4 Å². The molecule has 1 amide bonds. The molecule has 2 heterocycles. The summed E-state index contributed by atoms with van der Waals surface area (Å²) >= 11 is 0. The maximum Gasteiger partial charge on any atom is 0.263 e. The molecule has 0 aliphatic carbocycles. The first-order chi connectivity index (χ1) is 15.0. The molecule has 1 aromatic heterocycles. The van der Waals surface area contributed by atoms with Gasteiger partial charge < -0.3 is 23.5 Å². The van der Waals surface area contributed by atoms with Crippen LogP contribution in [0.4, 0.5) is 0 Å². The molecule has 0 spiro atoms. The van der Waals surface area contributed by atoms with Gasteiger partial charge in [0.25, 0.3) is 5.91 Å². The molecule has 1 aliphatic rings. The number of likely N-dealkylation sites (tertiary alicyclic amines) is 1. The maximum atomic E-state index is 13.3. The van der Waals surface area contributed by atoms with E-state index in [4.69, 9.17) is 18.6 Å². The summed E-state index contributed by atoms with van der Waals surface area (Å²) in [5.41, 5.74) is 0.687. The van der Waals surface area contributed by atoms with E-state index in [1.54, 1.807) is 61.4 Å². The Kier molecular flexibility index (Phi) is 5.84. The molecular formula is C24H25NO6. The molecule has 0 N–H and O–H groups in total. The number of carbonyl (C=O) groups is 1. The van der Waals surface area contributed by atoms with Crippen molar-refractivity contribution in [1.29, 1.82) is 0 Å². The third-order valence-corrected chi connectivity index (χ3v) is 5.46. The first-order valence-corrected chi connectivity index (χ1v) is 10.3. The number of ether oxygens (including phenoxy) is 3. The van der Waals surface area contributed by atoms with Crippen LogP contribution in [-0.2, 0) is 4.79 Å². The van der Waals surface area contributed by atoms with E-state index in [1.165, 1.54) is 7.11 Å². The van der Waals surface area contributed by atoms with Crippen LogP contribution in [0.1, 0.15) is 19.8 Å². The van der Waals surface area contributed by atoms with E-state index in [2.05, 4.69) is 0 Å². The SMILES string of the molecule is COc1ccc(-c2oc3ccccc3c(=O)c2OC(C)C(=O)N2CCCC2)cc1OC. The first kappa shape index (κ1) is 20.8. The summed E-state index contributed by atoms with van der Waals surface area (Å²) in [6, 6.07) is 12.2. The fourth-order valence-electron chi connectivity index (χ4n) is 3.82. The van der Waals surface area contributed by atoms with Crippen molar-refractivity contribution in [1.82, 2.24) is 4.90 Å². The molecule has 0 radical (unpaired) electrons. The minimum absolute atomic E-state index is 0.00552. The number of nitrogens with zero attached hydrogens (tertiary/aromatic N) is 1. The number of benzene rings is 2. The molecule has 2 aromatic carbocycles. The highest BCUT2D eigenvalue weighted by Gasteiger charge is 2.28. The molecule has 7 nitrogen and oxygen atoms in total. The van der Waals surface area contributed by atoms with Crippen LogP contribution in [0.25, 0.3) is 22.3 Å². The highest BCUT2D eigenvalue weighted by molar-refractivity contribution is 5.84. The van der Waals surface area contributed by atoms with Gasteiger partial charge in [0.2, 0.25) is 11.2 Å². The minimum atomic E-state index is -0.818. The van der Waals surface area contributed by atoms with E-state index in [1.807, 2.05) is 0 Å². The lowest BCUT2D eigenvalue weighted by Crippen LogP contribution is -2.39.